The van der Waals surface area contributed by atoms with Gasteiger partial charge in [0.25, 0.3) is 0 Å². The van der Waals surface area contributed by atoms with Gasteiger partial charge in [-0.1, -0.05) is 23.7 Å². The highest BCUT2D eigenvalue weighted by Crippen LogP contribution is 2.26. The van der Waals surface area contributed by atoms with Crippen molar-refractivity contribution in [3.8, 4) is 0 Å². The molecule has 0 saturated carbocycles. The highest BCUT2D eigenvalue weighted by Gasteiger charge is 2.17. The molecular weight excluding hydrogens is 291 g/mol. The lowest BCUT2D eigenvalue weighted by molar-refractivity contribution is 0.554. The number of hydrogen-bond donors (Lipinski definition) is 2. The van der Waals surface area contributed by atoms with E-state index < -0.39 is 0 Å². The summed E-state index contributed by atoms with van der Waals surface area (Å²) in [5, 5.41) is 4.69. The summed E-state index contributed by atoms with van der Waals surface area (Å²) in [7, 11) is 0. The van der Waals surface area contributed by atoms with Crippen LogP contribution in [-0.4, -0.2) is 9.61 Å². The van der Waals surface area contributed by atoms with Gasteiger partial charge in [0, 0.05) is 16.8 Å². The van der Waals surface area contributed by atoms with Crippen LogP contribution < -0.4 is 11.3 Å². The Morgan fingerprint density at radius 1 is 1.33 bits per heavy atom. The summed E-state index contributed by atoms with van der Waals surface area (Å²) in [6, 6.07) is 10.0. The number of aromatic nitrogens is 2. The Morgan fingerprint density at radius 2 is 2.19 bits per heavy atom. The molecule has 0 aliphatic rings. The summed E-state index contributed by atoms with van der Waals surface area (Å²) in [6.07, 6.45) is 4.19. The molecule has 108 valence electrons. The van der Waals surface area contributed by atoms with Crippen molar-refractivity contribution in [2.24, 2.45) is 5.84 Å². The van der Waals surface area contributed by atoms with Gasteiger partial charge in [-0.05, 0) is 36.2 Å². The fourth-order valence-corrected chi connectivity index (χ4v) is 2.63. The molecule has 0 aliphatic heterocycles. The second-order valence-corrected chi connectivity index (χ2v) is 5.20. The molecular formula is C15H14ClFN4. The Balaban J connectivity index is 1.95. The number of hydrogen-bond acceptors (Lipinski definition) is 3. The van der Waals surface area contributed by atoms with Crippen molar-refractivity contribution in [1.82, 2.24) is 15.0 Å². The number of nitrogens with two attached hydrogens (primary N) is 1. The summed E-state index contributed by atoms with van der Waals surface area (Å²) in [5.74, 6) is 5.33. The van der Waals surface area contributed by atoms with Crippen LogP contribution in [0.25, 0.3) is 5.52 Å². The molecule has 0 radical (unpaired) electrons. The second kappa shape index (κ2) is 5.81. The Labute approximate surface area is 126 Å². The third-order valence-electron chi connectivity index (χ3n) is 3.47. The number of hydrazine groups is 1. The zero-order valence-electron chi connectivity index (χ0n) is 11.1. The molecule has 2 heterocycles. The summed E-state index contributed by atoms with van der Waals surface area (Å²) >= 11 is 6.08. The minimum absolute atomic E-state index is 0.159. The zero-order valence-corrected chi connectivity index (χ0v) is 11.9. The van der Waals surface area contributed by atoms with Crippen molar-refractivity contribution in [2.75, 3.05) is 0 Å². The molecule has 0 spiro atoms. The third kappa shape index (κ3) is 2.76. The van der Waals surface area contributed by atoms with E-state index in [4.69, 9.17) is 17.4 Å². The highest BCUT2D eigenvalue weighted by atomic mass is 35.5. The van der Waals surface area contributed by atoms with E-state index in [1.807, 2.05) is 24.4 Å². The SMILES string of the molecule is NNC(Cc1ccc(F)cc1Cl)c1cnn2ccccc12. The highest BCUT2D eigenvalue weighted by molar-refractivity contribution is 6.31. The molecule has 3 rings (SSSR count). The molecule has 3 aromatic rings. The van der Waals surface area contributed by atoms with Crippen molar-refractivity contribution >= 4 is 17.1 Å². The van der Waals surface area contributed by atoms with Gasteiger partial charge < -0.3 is 0 Å². The lowest BCUT2D eigenvalue weighted by atomic mass is 10.0. The van der Waals surface area contributed by atoms with Gasteiger partial charge in [-0.2, -0.15) is 5.10 Å². The number of benzene rings is 1. The van der Waals surface area contributed by atoms with E-state index in [-0.39, 0.29) is 11.9 Å². The van der Waals surface area contributed by atoms with Crippen molar-refractivity contribution in [3.05, 3.63) is 70.8 Å². The lowest BCUT2D eigenvalue weighted by Crippen LogP contribution is -2.29. The van der Waals surface area contributed by atoms with Crippen LogP contribution in [0, 0.1) is 5.82 Å². The summed E-state index contributed by atoms with van der Waals surface area (Å²) in [4.78, 5) is 0. The third-order valence-corrected chi connectivity index (χ3v) is 3.82. The van der Waals surface area contributed by atoms with E-state index in [0.29, 0.717) is 11.4 Å². The largest absolute Gasteiger partial charge is 0.271 e. The molecule has 0 amide bonds. The van der Waals surface area contributed by atoms with Crippen LogP contribution in [0.3, 0.4) is 0 Å². The van der Waals surface area contributed by atoms with E-state index >= 15 is 0 Å². The first-order valence-electron chi connectivity index (χ1n) is 6.51. The number of rotatable bonds is 4. The first kappa shape index (κ1) is 14.0. The summed E-state index contributed by atoms with van der Waals surface area (Å²) < 4.78 is 14.9. The van der Waals surface area contributed by atoms with Gasteiger partial charge in [-0.15, -0.1) is 0 Å². The zero-order chi connectivity index (χ0) is 14.8. The van der Waals surface area contributed by atoms with Crippen LogP contribution in [-0.2, 0) is 6.42 Å². The molecule has 6 heteroatoms. The van der Waals surface area contributed by atoms with Gasteiger partial charge in [0.05, 0.1) is 17.8 Å². The standard InChI is InChI=1S/C15H14ClFN4/c16-13-8-11(17)5-4-10(13)7-14(20-18)12-9-19-21-6-2-1-3-15(12)21/h1-6,8-9,14,20H,7,18H2. The molecule has 4 nitrogen and oxygen atoms in total. The first-order valence-corrected chi connectivity index (χ1v) is 6.89. The lowest BCUT2D eigenvalue weighted by Gasteiger charge is -2.16. The Morgan fingerprint density at radius 3 is 2.95 bits per heavy atom. The van der Waals surface area contributed by atoms with Crippen molar-refractivity contribution in [1.29, 1.82) is 0 Å². The number of fused-ring (bicyclic) bond motifs is 1. The number of nitrogens with zero attached hydrogens (tertiary/aromatic N) is 2. The maximum absolute atomic E-state index is 13.1. The van der Waals surface area contributed by atoms with Crippen molar-refractivity contribution < 1.29 is 4.39 Å². The molecule has 0 fully saturated rings. The molecule has 1 atom stereocenters. The van der Waals surface area contributed by atoms with Crippen molar-refractivity contribution in [2.45, 2.75) is 12.5 Å². The average Bonchev–Trinajstić information content (AvgIpc) is 2.91. The van der Waals surface area contributed by atoms with Crippen LogP contribution in [0.2, 0.25) is 5.02 Å². The van der Waals surface area contributed by atoms with Gasteiger partial charge in [0.1, 0.15) is 5.82 Å². The van der Waals surface area contributed by atoms with Crippen LogP contribution in [0.4, 0.5) is 4.39 Å². The maximum Gasteiger partial charge on any atom is 0.124 e. The molecule has 0 saturated heterocycles. The normalized spacial score (nSPS) is 12.7. The summed E-state index contributed by atoms with van der Waals surface area (Å²) in [5.41, 5.74) is 5.55. The van der Waals surface area contributed by atoms with E-state index in [9.17, 15) is 4.39 Å². The maximum atomic E-state index is 13.1. The second-order valence-electron chi connectivity index (χ2n) is 4.79. The molecule has 0 aliphatic carbocycles. The molecule has 1 unspecified atom stereocenters. The Bertz CT molecular complexity index is 771. The van der Waals surface area contributed by atoms with Gasteiger partial charge in [-0.25, -0.2) is 8.91 Å². The molecule has 2 aromatic heterocycles. The van der Waals surface area contributed by atoms with Crippen LogP contribution >= 0.6 is 11.6 Å². The van der Waals surface area contributed by atoms with E-state index in [0.717, 1.165) is 16.6 Å². The van der Waals surface area contributed by atoms with E-state index in [1.165, 1.54) is 12.1 Å². The van der Waals surface area contributed by atoms with Gasteiger partial charge in [0.2, 0.25) is 0 Å². The average molecular weight is 305 g/mol. The molecule has 1 aromatic carbocycles. The van der Waals surface area contributed by atoms with E-state index in [2.05, 4.69) is 10.5 Å². The molecule has 0 bridgehead atoms. The van der Waals surface area contributed by atoms with Crippen LogP contribution in [0.15, 0.2) is 48.8 Å². The van der Waals surface area contributed by atoms with Crippen LogP contribution in [0.5, 0.6) is 0 Å². The smallest absolute Gasteiger partial charge is 0.124 e. The fraction of sp³-hybridized carbons (Fsp3) is 0.133. The Hall–Kier alpha value is -1.95. The van der Waals surface area contributed by atoms with Crippen molar-refractivity contribution in [3.63, 3.8) is 0 Å². The van der Waals surface area contributed by atoms with Gasteiger partial charge in [0.15, 0.2) is 0 Å². The number of nitrogens with one attached hydrogen (secondary N) is 1. The minimum atomic E-state index is -0.350. The topological polar surface area (TPSA) is 55.3 Å². The quantitative estimate of drug-likeness (QED) is 0.575. The van der Waals surface area contributed by atoms with Gasteiger partial charge >= 0.3 is 0 Å². The summed E-state index contributed by atoms with van der Waals surface area (Å²) in [6.45, 7) is 0. The molecule has 21 heavy (non-hydrogen) atoms. The number of halogens is 2. The first-order chi connectivity index (χ1) is 10.2. The molecule has 3 N–H and O–H groups in total. The Kier molecular flexibility index (Phi) is 3.88. The monoisotopic (exact) mass is 304 g/mol. The van der Waals surface area contributed by atoms with Gasteiger partial charge in [-0.3, -0.25) is 11.3 Å². The van der Waals surface area contributed by atoms with E-state index in [1.54, 1.807) is 16.8 Å². The predicted octanol–water partition coefficient (Wildman–Crippen LogP) is 2.87. The fourth-order valence-electron chi connectivity index (χ4n) is 2.39. The minimum Gasteiger partial charge on any atom is -0.271 e. The predicted molar refractivity (Wildman–Crippen MR) is 80.4 cm³/mol. The van der Waals surface area contributed by atoms with Crippen LogP contribution in [0.1, 0.15) is 17.2 Å². The number of pyridine rings is 1.